The van der Waals surface area contributed by atoms with Crippen LogP contribution < -0.4 is 16.6 Å². The first-order valence-electron chi connectivity index (χ1n) is 7.18. The second-order valence-electron chi connectivity index (χ2n) is 5.23. The number of hydrazine groups is 1. The lowest BCUT2D eigenvalue weighted by Crippen LogP contribution is -2.30. The number of amides is 1. The Morgan fingerprint density at radius 1 is 1.45 bits per heavy atom. The maximum absolute atomic E-state index is 12.2. The molecule has 0 aliphatic carbocycles. The molecule has 20 heavy (non-hydrogen) atoms. The molecule has 1 fully saturated rings. The van der Waals surface area contributed by atoms with Crippen LogP contribution in [0.15, 0.2) is 18.2 Å². The average Bonchev–Trinajstić information content (AvgIpc) is 2.48. The van der Waals surface area contributed by atoms with Crippen LogP contribution in [0.2, 0.25) is 0 Å². The predicted molar refractivity (Wildman–Crippen MR) is 79.5 cm³/mol. The van der Waals surface area contributed by atoms with E-state index in [1.165, 1.54) is 6.42 Å². The fourth-order valence-corrected chi connectivity index (χ4v) is 2.45. The monoisotopic (exact) mass is 277 g/mol. The lowest BCUT2D eigenvalue weighted by molar-refractivity contribution is 0.0117. The number of carbonyl (C=O) groups excluding carboxylic acids is 1. The number of ether oxygens (including phenoxy) is 1. The molecule has 1 amide bonds. The first kappa shape index (κ1) is 14.8. The Morgan fingerprint density at radius 2 is 2.30 bits per heavy atom. The maximum atomic E-state index is 12.2. The Bertz CT molecular complexity index is 456. The van der Waals surface area contributed by atoms with Gasteiger partial charge in [-0.1, -0.05) is 11.6 Å². The van der Waals surface area contributed by atoms with Gasteiger partial charge in [0.05, 0.1) is 17.4 Å². The van der Waals surface area contributed by atoms with Crippen LogP contribution in [0.25, 0.3) is 0 Å². The van der Waals surface area contributed by atoms with Gasteiger partial charge in [0.2, 0.25) is 0 Å². The fraction of sp³-hybridized carbons (Fsp3) is 0.533. The van der Waals surface area contributed by atoms with E-state index < -0.39 is 0 Å². The van der Waals surface area contributed by atoms with Crippen molar-refractivity contribution in [2.45, 2.75) is 38.7 Å². The third-order valence-corrected chi connectivity index (χ3v) is 3.60. The van der Waals surface area contributed by atoms with E-state index in [1.54, 1.807) is 0 Å². The Balaban J connectivity index is 1.86. The largest absolute Gasteiger partial charge is 0.378 e. The van der Waals surface area contributed by atoms with Crippen molar-refractivity contribution in [1.29, 1.82) is 0 Å². The van der Waals surface area contributed by atoms with Gasteiger partial charge in [-0.25, -0.2) is 0 Å². The summed E-state index contributed by atoms with van der Waals surface area (Å²) in [6, 6.07) is 5.57. The summed E-state index contributed by atoms with van der Waals surface area (Å²) in [4.78, 5) is 12.2. The minimum atomic E-state index is -0.0996. The van der Waals surface area contributed by atoms with Crippen LogP contribution in [0.3, 0.4) is 0 Å². The summed E-state index contributed by atoms with van der Waals surface area (Å²) >= 11 is 0. The van der Waals surface area contributed by atoms with Gasteiger partial charge in [0.25, 0.3) is 5.91 Å². The average molecular weight is 277 g/mol. The van der Waals surface area contributed by atoms with Gasteiger partial charge >= 0.3 is 0 Å². The smallest absolute Gasteiger partial charge is 0.253 e. The zero-order valence-electron chi connectivity index (χ0n) is 11.9. The molecule has 1 aliphatic heterocycles. The van der Waals surface area contributed by atoms with E-state index in [0.29, 0.717) is 17.8 Å². The number of carbonyl (C=O) groups is 1. The highest BCUT2D eigenvalue weighted by Crippen LogP contribution is 2.17. The van der Waals surface area contributed by atoms with Gasteiger partial charge in [0, 0.05) is 13.2 Å². The van der Waals surface area contributed by atoms with Crippen molar-refractivity contribution in [3.05, 3.63) is 29.3 Å². The van der Waals surface area contributed by atoms with E-state index in [9.17, 15) is 4.79 Å². The zero-order chi connectivity index (χ0) is 14.4. The zero-order valence-corrected chi connectivity index (χ0v) is 11.9. The first-order chi connectivity index (χ1) is 9.70. The molecule has 1 aromatic rings. The summed E-state index contributed by atoms with van der Waals surface area (Å²) in [5, 5.41) is 2.93. The molecule has 0 spiro atoms. The van der Waals surface area contributed by atoms with Crippen molar-refractivity contribution >= 4 is 11.6 Å². The molecule has 1 atom stereocenters. The van der Waals surface area contributed by atoms with Crippen molar-refractivity contribution in [1.82, 2.24) is 5.32 Å². The van der Waals surface area contributed by atoms with Crippen molar-refractivity contribution in [2.75, 3.05) is 18.6 Å². The quantitative estimate of drug-likeness (QED) is 0.568. The van der Waals surface area contributed by atoms with Crippen molar-refractivity contribution in [3.8, 4) is 0 Å². The molecular formula is C15H23N3O2. The highest BCUT2D eigenvalue weighted by molar-refractivity contribution is 5.99. The molecule has 0 aromatic heterocycles. The molecule has 4 N–H and O–H groups in total. The van der Waals surface area contributed by atoms with Gasteiger partial charge in [-0.2, -0.15) is 0 Å². The number of hydrogen-bond acceptors (Lipinski definition) is 4. The molecule has 1 aliphatic rings. The Morgan fingerprint density at radius 3 is 3.00 bits per heavy atom. The second kappa shape index (κ2) is 7.26. The predicted octanol–water partition coefficient (Wildman–Crippen LogP) is 1.97. The van der Waals surface area contributed by atoms with Crippen molar-refractivity contribution in [3.63, 3.8) is 0 Å². The van der Waals surface area contributed by atoms with Crippen LogP contribution >= 0.6 is 0 Å². The molecule has 0 saturated carbocycles. The van der Waals surface area contributed by atoms with E-state index in [2.05, 4.69) is 10.7 Å². The van der Waals surface area contributed by atoms with Gasteiger partial charge in [-0.15, -0.1) is 0 Å². The molecule has 2 rings (SSSR count). The third-order valence-electron chi connectivity index (χ3n) is 3.60. The number of nitrogens with two attached hydrogens (primary N) is 1. The molecule has 110 valence electrons. The molecule has 1 heterocycles. The standard InChI is InChI=1S/C15H23N3O2/c1-11-5-6-14(18-16)13(10-11)15(19)17-8-7-12-4-2-3-9-20-12/h5-6,10,12,18H,2-4,7-9,16H2,1H3,(H,17,19). The van der Waals surface area contributed by atoms with E-state index in [1.807, 2.05) is 25.1 Å². The van der Waals surface area contributed by atoms with Crippen LogP contribution in [-0.2, 0) is 4.74 Å². The highest BCUT2D eigenvalue weighted by atomic mass is 16.5. The third kappa shape index (κ3) is 3.95. The molecule has 0 bridgehead atoms. The van der Waals surface area contributed by atoms with E-state index in [0.717, 1.165) is 31.4 Å². The summed E-state index contributed by atoms with van der Waals surface area (Å²) in [5.74, 6) is 5.33. The summed E-state index contributed by atoms with van der Waals surface area (Å²) in [6.07, 6.45) is 4.61. The Kier molecular flexibility index (Phi) is 5.38. The van der Waals surface area contributed by atoms with Gasteiger partial charge in [0.15, 0.2) is 0 Å². The molecular weight excluding hydrogens is 254 g/mol. The Labute approximate surface area is 119 Å². The summed E-state index contributed by atoms with van der Waals surface area (Å²) in [5.41, 5.74) is 4.81. The molecule has 5 heteroatoms. The number of hydrogen-bond donors (Lipinski definition) is 3. The molecule has 1 unspecified atom stereocenters. The second-order valence-corrected chi connectivity index (χ2v) is 5.23. The minimum Gasteiger partial charge on any atom is -0.378 e. The number of nitrogens with one attached hydrogen (secondary N) is 2. The SMILES string of the molecule is Cc1ccc(NN)c(C(=O)NCCC2CCCCO2)c1. The highest BCUT2D eigenvalue weighted by Gasteiger charge is 2.15. The number of aryl methyl sites for hydroxylation is 1. The first-order valence-corrected chi connectivity index (χ1v) is 7.18. The van der Waals surface area contributed by atoms with E-state index in [4.69, 9.17) is 10.6 Å². The number of nitrogen functional groups attached to an aromatic ring is 1. The van der Waals surface area contributed by atoms with Gasteiger partial charge < -0.3 is 15.5 Å². The van der Waals surface area contributed by atoms with Crippen LogP contribution in [0.5, 0.6) is 0 Å². The molecule has 1 aromatic carbocycles. The molecule has 1 saturated heterocycles. The van der Waals surface area contributed by atoms with Crippen LogP contribution in [0.4, 0.5) is 5.69 Å². The minimum absolute atomic E-state index is 0.0996. The topological polar surface area (TPSA) is 76.4 Å². The maximum Gasteiger partial charge on any atom is 0.253 e. The van der Waals surface area contributed by atoms with Gasteiger partial charge in [-0.05, 0) is 44.7 Å². The molecule has 0 radical (unpaired) electrons. The normalized spacial score (nSPS) is 18.6. The van der Waals surface area contributed by atoms with Gasteiger partial charge in [-0.3, -0.25) is 10.6 Å². The summed E-state index contributed by atoms with van der Waals surface area (Å²) in [6.45, 7) is 3.42. The number of benzene rings is 1. The van der Waals surface area contributed by atoms with E-state index >= 15 is 0 Å². The van der Waals surface area contributed by atoms with Crippen molar-refractivity contribution < 1.29 is 9.53 Å². The number of rotatable bonds is 5. The fourth-order valence-electron chi connectivity index (χ4n) is 2.45. The van der Waals surface area contributed by atoms with Crippen LogP contribution in [-0.4, -0.2) is 25.2 Å². The summed E-state index contributed by atoms with van der Waals surface area (Å²) < 4.78 is 5.65. The lowest BCUT2D eigenvalue weighted by Gasteiger charge is -2.22. The van der Waals surface area contributed by atoms with Crippen LogP contribution in [0.1, 0.15) is 41.6 Å². The lowest BCUT2D eigenvalue weighted by atomic mass is 10.1. The summed E-state index contributed by atoms with van der Waals surface area (Å²) in [7, 11) is 0. The van der Waals surface area contributed by atoms with Crippen molar-refractivity contribution in [2.24, 2.45) is 5.84 Å². The van der Waals surface area contributed by atoms with Gasteiger partial charge in [0.1, 0.15) is 0 Å². The van der Waals surface area contributed by atoms with Crippen LogP contribution in [0, 0.1) is 6.92 Å². The molecule has 5 nitrogen and oxygen atoms in total. The van der Waals surface area contributed by atoms with E-state index in [-0.39, 0.29) is 12.0 Å². The number of anilines is 1. The Hall–Kier alpha value is -1.59.